The molecule has 0 aromatic heterocycles. The van der Waals surface area contributed by atoms with Crippen molar-refractivity contribution in [3.63, 3.8) is 0 Å². The lowest BCUT2D eigenvalue weighted by Crippen LogP contribution is -2.04. The van der Waals surface area contributed by atoms with Crippen molar-refractivity contribution >= 4 is 0 Å². The first-order chi connectivity index (χ1) is 9.93. The molecular weight excluding hydrogens is 250 g/mol. The van der Waals surface area contributed by atoms with Crippen molar-refractivity contribution in [3.05, 3.63) is 0 Å². The van der Waals surface area contributed by atoms with Gasteiger partial charge in [0, 0.05) is 26.2 Å². The van der Waals surface area contributed by atoms with Crippen molar-refractivity contribution < 1.29 is 9.47 Å². The van der Waals surface area contributed by atoms with E-state index in [9.17, 15) is 0 Å². The van der Waals surface area contributed by atoms with E-state index in [2.05, 4.69) is 6.07 Å². The Morgan fingerprint density at radius 1 is 0.950 bits per heavy atom. The second-order valence-electron chi connectivity index (χ2n) is 5.77. The van der Waals surface area contributed by atoms with Crippen molar-refractivity contribution in [2.24, 2.45) is 0 Å². The number of hydrogen-bond donors (Lipinski definition) is 0. The molecule has 0 spiro atoms. The Hall–Kier alpha value is -0.590. The molecular formula is C17H31NO2. The number of unbranched alkanes of at least 4 members (excludes halogenated alkanes) is 7. The summed E-state index contributed by atoms with van der Waals surface area (Å²) in [5.74, 6) is 0. The number of rotatable bonds is 13. The van der Waals surface area contributed by atoms with E-state index in [1.807, 2.05) is 0 Å². The molecule has 20 heavy (non-hydrogen) atoms. The van der Waals surface area contributed by atoms with Crippen LogP contribution in [0.4, 0.5) is 0 Å². The maximum Gasteiger partial charge on any atom is 0.0621 e. The third kappa shape index (κ3) is 10.2. The zero-order valence-corrected chi connectivity index (χ0v) is 12.9. The summed E-state index contributed by atoms with van der Waals surface area (Å²) in [4.78, 5) is 0. The topological polar surface area (TPSA) is 42.2 Å². The van der Waals surface area contributed by atoms with Gasteiger partial charge in [-0.1, -0.05) is 32.1 Å². The van der Waals surface area contributed by atoms with E-state index in [1.165, 1.54) is 57.8 Å². The van der Waals surface area contributed by atoms with E-state index in [0.29, 0.717) is 12.5 Å². The highest BCUT2D eigenvalue weighted by atomic mass is 16.5. The summed E-state index contributed by atoms with van der Waals surface area (Å²) in [5, 5.41) is 8.41. The molecule has 116 valence electrons. The quantitative estimate of drug-likeness (QED) is 0.463. The van der Waals surface area contributed by atoms with Crippen molar-refractivity contribution in [3.8, 4) is 6.07 Å². The van der Waals surface area contributed by atoms with Gasteiger partial charge in [0.1, 0.15) is 0 Å². The third-order valence-corrected chi connectivity index (χ3v) is 3.92. The lowest BCUT2D eigenvalue weighted by atomic mass is 10.1. The molecule has 1 aliphatic rings. The SMILES string of the molecule is N#CCCCCCCOCCCCCCC1CCCO1. The molecule has 1 saturated heterocycles. The first kappa shape index (κ1) is 17.5. The van der Waals surface area contributed by atoms with Gasteiger partial charge >= 0.3 is 0 Å². The van der Waals surface area contributed by atoms with Crippen LogP contribution >= 0.6 is 0 Å². The maximum atomic E-state index is 8.41. The largest absolute Gasteiger partial charge is 0.381 e. The first-order valence-electron chi connectivity index (χ1n) is 8.50. The molecule has 1 atom stereocenters. The van der Waals surface area contributed by atoms with Gasteiger partial charge < -0.3 is 9.47 Å². The highest BCUT2D eigenvalue weighted by Gasteiger charge is 2.14. The zero-order chi connectivity index (χ0) is 14.3. The fraction of sp³-hybridized carbons (Fsp3) is 0.941. The second kappa shape index (κ2) is 13.4. The van der Waals surface area contributed by atoms with E-state index in [-0.39, 0.29) is 0 Å². The highest BCUT2D eigenvalue weighted by Crippen LogP contribution is 2.18. The minimum Gasteiger partial charge on any atom is -0.381 e. The summed E-state index contributed by atoms with van der Waals surface area (Å²) < 4.78 is 11.2. The molecule has 0 amide bonds. The van der Waals surface area contributed by atoms with Gasteiger partial charge in [0.05, 0.1) is 12.2 Å². The molecule has 0 aromatic carbocycles. The lowest BCUT2D eigenvalue weighted by Gasteiger charge is -2.08. The van der Waals surface area contributed by atoms with Crippen LogP contribution in [0.1, 0.15) is 77.0 Å². The molecule has 0 N–H and O–H groups in total. The Labute approximate surface area is 124 Å². The third-order valence-electron chi connectivity index (χ3n) is 3.92. The van der Waals surface area contributed by atoms with Crippen LogP contribution in [0.2, 0.25) is 0 Å². The molecule has 3 heteroatoms. The van der Waals surface area contributed by atoms with Crippen LogP contribution in [0.15, 0.2) is 0 Å². The molecule has 1 fully saturated rings. The summed E-state index contributed by atoms with van der Waals surface area (Å²) in [7, 11) is 0. The number of nitrogens with zero attached hydrogens (tertiary/aromatic N) is 1. The Kier molecular flexibility index (Phi) is 11.7. The summed E-state index contributed by atoms with van der Waals surface area (Å²) in [5.41, 5.74) is 0. The van der Waals surface area contributed by atoms with Gasteiger partial charge in [-0.25, -0.2) is 0 Å². The van der Waals surface area contributed by atoms with E-state index >= 15 is 0 Å². The Balaban J connectivity index is 1.67. The predicted molar refractivity (Wildman–Crippen MR) is 81.6 cm³/mol. The van der Waals surface area contributed by atoms with Crippen LogP contribution in [0.5, 0.6) is 0 Å². The van der Waals surface area contributed by atoms with E-state index in [0.717, 1.165) is 32.7 Å². The summed E-state index contributed by atoms with van der Waals surface area (Å²) in [6.07, 6.45) is 14.7. The number of nitriles is 1. The maximum absolute atomic E-state index is 8.41. The highest BCUT2D eigenvalue weighted by molar-refractivity contribution is 4.67. The average Bonchev–Trinajstić information content (AvgIpc) is 2.97. The lowest BCUT2D eigenvalue weighted by molar-refractivity contribution is 0.101. The Bertz CT molecular complexity index is 244. The van der Waals surface area contributed by atoms with Gasteiger partial charge in [-0.2, -0.15) is 5.26 Å². The molecule has 0 bridgehead atoms. The molecule has 1 unspecified atom stereocenters. The Morgan fingerprint density at radius 3 is 2.30 bits per heavy atom. The molecule has 3 nitrogen and oxygen atoms in total. The monoisotopic (exact) mass is 281 g/mol. The zero-order valence-electron chi connectivity index (χ0n) is 12.9. The summed E-state index contributed by atoms with van der Waals surface area (Å²) in [6.45, 7) is 2.79. The molecule has 1 aliphatic heterocycles. The fourth-order valence-corrected chi connectivity index (χ4v) is 2.67. The molecule has 0 saturated carbocycles. The molecule has 1 rings (SSSR count). The van der Waals surface area contributed by atoms with Crippen LogP contribution in [0, 0.1) is 11.3 Å². The minimum absolute atomic E-state index is 0.562. The van der Waals surface area contributed by atoms with E-state index < -0.39 is 0 Å². The molecule has 0 radical (unpaired) electrons. The van der Waals surface area contributed by atoms with Gasteiger partial charge in [-0.05, 0) is 38.5 Å². The second-order valence-corrected chi connectivity index (χ2v) is 5.77. The summed E-state index contributed by atoms with van der Waals surface area (Å²) in [6, 6.07) is 2.18. The molecule has 0 aromatic rings. The number of hydrogen-bond acceptors (Lipinski definition) is 3. The summed E-state index contributed by atoms with van der Waals surface area (Å²) >= 11 is 0. The van der Waals surface area contributed by atoms with Crippen LogP contribution in [0.3, 0.4) is 0 Å². The van der Waals surface area contributed by atoms with Crippen molar-refractivity contribution in [2.45, 2.75) is 83.2 Å². The van der Waals surface area contributed by atoms with Crippen molar-refractivity contribution in [1.29, 1.82) is 5.26 Å². The van der Waals surface area contributed by atoms with E-state index in [1.54, 1.807) is 0 Å². The van der Waals surface area contributed by atoms with Crippen LogP contribution in [0.25, 0.3) is 0 Å². The van der Waals surface area contributed by atoms with Crippen molar-refractivity contribution in [1.82, 2.24) is 0 Å². The Morgan fingerprint density at radius 2 is 1.65 bits per heavy atom. The minimum atomic E-state index is 0.562. The van der Waals surface area contributed by atoms with Crippen LogP contribution in [-0.4, -0.2) is 25.9 Å². The smallest absolute Gasteiger partial charge is 0.0621 e. The first-order valence-corrected chi connectivity index (χ1v) is 8.50. The normalized spacial score (nSPS) is 18.2. The van der Waals surface area contributed by atoms with Gasteiger partial charge in [0.25, 0.3) is 0 Å². The van der Waals surface area contributed by atoms with Gasteiger partial charge in [0.15, 0.2) is 0 Å². The van der Waals surface area contributed by atoms with Gasteiger partial charge in [0.2, 0.25) is 0 Å². The van der Waals surface area contributed by atoms with Crippen molar-refractivity contribution in [2.75, 3.05) is 19.8 Å². The van der Waals surface area contributed by atoms with E-state index in [4.69, 9.17) is 14.7 Å². The van der Waals surface area contributed by atoms with Gasteiger partial charge in [-0.15, -0.1) is 0 Å². The standard InChI is InChI=1S/C17H31NO2/c18-13-7-3-1-4-8-14-19-15-9-5-2-6-11-17-12-10-16-20-17/h17H,1-12,14-16H2. The fourth-order valence-electron chi connectivity index (χ4n) is 2.67. The predicted octanol–water partition coefficient (Wildman–Crippen LogP) is 4.61. The molecule has 0 aliphatic carbocycles. The van der Waals surface area contributed by atoms with Crippen LogP contribution < -0.4 is 0 Å². The van der Waals surface area contributed by atoms with Gasteiger partial charge in [-0.3, -0.25) is 0 Å². The van der Waals surface area contributed by atoms with Crippen LogP contribution in [-0.2, 0) is 9.47 Å². The molecule has 1 heterocycles. The average molecular weight is 281 g/mol. The number of ether oxygens (including phenoxy) is 2.